The van der Waals surface area contributed by atoms with E-state index in [1.165, 1.54) is 0 Å². The molecule has 0 radical (unpaired) electrons. The summed E-state index contributed by atoms with van der Waals surface area (Å²) in [4.78, 5) is 8.29. The highest BCUT2D eigenvalue weighted by atomic mass is 35.5. The number of nitriles is 1. The van der Waals surface area contributed by atoms with E-state index in [-0.39, 0.29) is 0 Å². The maximum Gasteiger partial charge on any atom is 0.209 e. The van der Waals surface area contributed by atoms with Gasteiger partial charge in [-0.3, -0.25) is 10.3 Å². The zero-order valence-electron chi connectivity index (χ0n) is 15.2. The van der Waals surface area contributed by atoms with Crippen molar-refractivity contribution in [1.82, 2.24) is 15.6 Å². The lowest BCUT2D eigenvalue weighted by Crippen LogP contribution is -2.34. The highest BCUT2D eigenvalue weighted by Gasteiger charge is 2.00. The summed E-state index contributed by atoms with van der Waals surface area (Å²) >= 11 is 6.05. The van der Waals surface area contributed by atoms with E-state index in [9.17, 15) is 0 Å². The summed E-state index contributed by atoms with van der Waals surface area (Å²) < 4.78 is 5.68. The SMILES string of the molecule is N#CN/C(=N\c1ccncc1)NCCCCCCCOc1ccccc1Cl. The van der Waals surface area contributed by atoms with E-state index in [1.807, 2.05) is 30.5 Å². The van der Waals surface area contributed by atoms with Gasteiger partial charge in [-0.05, 0) is 37.1 Å². The molecular formula is C20H24ClN5O. The topological polar surface area (TPSA) is 82.3 Å². The fourth-order valence-corrected chi connectivity index (χ4v) is 2.61. The van der Waals surface area contributed by atoms with Crippen LogP contribution in [0.1, 0.15) is 32.1 Å². The van der Waals surface area contributed by atoms with Crippen molar-refractivity contribution in [2.75, 3.05) is 13.2 Å². The van der Waals surface area contributed by atoms with Crippen LogP contribution in [0.3, 0.4) is 0 Å². The van der Waals surface area contributed by atoms with Crippen LogP contribution >= 0.6 is 11.6 Å². The molecule has 0 aliphatic heterocycles. The van der Waals surface area contributed by atoms with Crippen LogP contribution in [0.2, 0.25) is 5.02 Å². The van der Waals surface area contributed by atoms with Crippen LogP contribution in [0.5, 0.6) is 5.75 Å². The highest BCUT2D eigenvalue weighted by Crippen LogP contribution is 2.23. The predicted octanol–water partition coefficient (Wildman–Crippen LogP) is 4.41. The predicted molar refractivity (Wildman–Crippen MR) is 108 cm³/mol. The molecule has 2 rings (SSSR count). The first-order valence-electron chi connectivity index (χ1n) is 9.04. The molecule has 0 spiro atoms. The summed E-state index contributed by atoms with van der Waals surface area (Å²) in [7, 11) is 0. The second-order valence-corrected chi connectivity index (χ2v) is 6.28. The Morgan fingerprint density at radius 1 is 1.07 bits per heavy atom. The average molecular weight is 386 g/mol. The number of para-hydroxylation sites is 1. The van der Waals surface area contributed by atoms with E-state index in [2.05, 4.69) is 20.6 Å². The van der Waals surface area contributed by atoms with Crippen LogP contribution in [-0.2, 0) is 0 Å². The Kier molecular flexibility index (Phi) is 9.55. The molecule has 0 fully saturated rings. The number of hydrogen-bond acceptors (Lipinski definition) is 4. The first kappa shape index (κ1) is 20.5. The number of guanidine groups is 1. The van der Waals surface area contributed by atoms with Gasteiger partial charge in [0.05, 0.1) is 17.3 Å². The van der Waals surface area contributed by atoms with Crippen LogP contribution in [0.15, 0.2) is 53.8 Å². The molecule has 7 heteroatoms. The summed E-state index contributed by atoms with van der Waals surface area (Å²) in [5, 5.41) is 15.2. The Hall–Kier alpha value is -2.78. The van der Waals surface area contributed by atoms with Gasteiger partial charge < -0.3 is 10.1 Å². The monoisotopic (exact) mass is 385 g/mol. The molecule has 0 aliphatic carbocycles. The fraction of sp³-hybridized carbons (Fsp3) is 0.350. The molecule has 0 amide bonds. The fourth-order valence-electron chi connectivity index (χ4n) is 2.42. The first-order chi connectivity index (χ1) is 13.3. The number of nitrogens with one attached hydrogen (secondary N) is 2. The van der Waals surface area contributed by atoms with Gasteiger partial charge in [-0.25, -0.2) is 4.99 Å². The third kappa shape index (κ3) is 8.43. The minimum Gasteiger partial charge on any atom is -0.492 e. The van der Waals surface area contributed by atoms with Crippen molar-refractivity contribution in [3.63, 3.8) is 0 Å². The van der Waals surface area contributed by atoms with E-state index < -0.39 is 0 Å². The lowest BCUT2D eigenvalue weighted by molar-refractivity contribution is 0.304. The number of rotatable bonds is 10. The van der Waals surface area contributed by atoms with E-state index in [1.54, 1.807) is 24.5 Å². The number of aliphatic imine (C=N–C) groups is 1. The Morgan fingerprint density at radius 2 is 1.81 bits per heavy atom. The summed E-state index contributed by atoms with van der Waals surface area (Å²) in [6.07, 6.45) is 10.6. The van der Waals surface area contributed by atoms with Crippen LogP contribution in [0, 0.1) is 11.5 Å². The van der Waals surface area contributed by atoms with Crippen LogP contribution < -0.4 is 15.4 Å². The van der Waals surface area contributed by atoms with Crippen molar-refractivity contribution in [3.8, 4) is 11.9 Å². The molecule has 2 N–H and O–H groups in total. The molecule has 0 unspecified atom stereocenters. The van der Waals surface area contributed by atoms with Gasteiger partial charge in [0.1, 0.15) is 5.75 Å². The second kappa shape index (κ2) is 12.6. The quantitative estimate of drug-likeness (QED) is 0.208. The lowest BCUT2D eigenvalue weighted by Gasteiger charge is -2.09. The van der Waals surface area contributed by atoms with Gasteiger partial charge in [0.2, 0.25) is 5.96 Å². The molecule has 2 aromatic rings. The van der Waals surface area contributed by atoms with Gasteiger partial charge in [0, 0.05) is 18.9 Å². The molecule has 1 aromatic carbocycles. The van der Waals surface area contributed by atoms with Crippen molar-refractivity contribution < 1.29 is 4.74 Å². The van der Waals surface area contributed by atoms with Gasteiger partial charge in [-0.1, -0.05) is 43.0 Å². The number of pyridine rings is 1. The van der Waals surface area contributed by atoms with Crippen molar-refractivity contribution in [1.29, 1.82) is 5.26 Å². The number of hydrogen-bond donors (Lipinski definition) is 2. The van der Waals surface area contributed by atoms with Gasteiger partial charge in [-0.15, -0.1) is 0 Å². The minimum absolute atomic E-state index is 0.455. The van der Waals surface area contributed by atoms with E-state index in [4.69, 9.17) is 21.6 Å². The third-order valence-corrected chi connectivity index (χ3v) is 4.10. The molecule has 0 bridgehead atoms. The summed E-state index contributed by atoms with van der Waals surface area (Å²) in [6.45, 7) is 1.44. The Labute approximate surface area is 165 Å². The molecule has 27 heavy (non-hydrogen) atoms. The largest absolute Gasteiger partial charge is 0.492 e. The second-order valence-electron chi connectivity index (χ2n) is 5.88. The van der Waals surface area contributed by atoms with Gasteiger partial charge in [0.15, 0.2) is 6.19 Å². The minimum atomic E-state index is 0.455. The smallest absolute Gasteiger partial charge is 0.209 e. The molecule has 142 valence electrons. The first-order valence-corrected chi connectivity index (χ1v) is 9.42. The van der Waals surface area contributed by atoms with E-state index >= 15 is 0 Å². The van der Waals surface area contributed by atoms with E-state index in [0.717, 1.165) is 50.1 Å². The van der Waals surface area contributed by atoms with Crippen molar-refractivity contribution >= 4 is 23.2 Å². The van der Waals surface area contributed by atoms with Crippen LogP contribution in [0.25, 0.3) is 0 Å². The molecule has 0 saturated heterocycles. The number of halogens is 1. The van der Waals surface area contributed by atoms with Gasteiger partial charge in [-0.2, -0.15) is 5.26 Å². The molecule has 1 aromatic heterocycles. The number of benzene rings is 1. The molecule has 0 atom stereocenters. The van der Waals surface area contributed by atoms with Crippen LogP contribution in [-0.4, -0.2) is 24.1 Å². The maximum absolute atomic E-state index is 8.82. The Bertz CT molecular complexity index is 746. The lowest BCUT2D eigenvalue weighted by atomic mass is 10.1. The van der Waals surface area contributed by atoms with Crippen LogP contribution in [0.4, 0.5) is 5.69 Å². The number of nitrogens with zero attached hydrogens (tertiary/aromatic N) is 3. The Balaban J connectivity index is 1.55. The van der Waals surface area contributed by atoms with Gasteiger partial charge >= 0.3 is 0 Å². The van der Waals surface area contributed by atoms with Gasteiger partial charge in [0.25, 0.3) is 0 Å². The molecule has 0 aliphatic rings. The van der Waals surface area contributed by atoms with Crippen molar-refractivity contribution in [3.05, 3.63) is 53.8 Å². The van der Waals surface area contributed by atoms with Crippen molar-refractivity contribution in [2.45, 2.75) is 32.1 Å². The zero-order chi connectivity index (χ0) is 19.2. The normalized spacial score (nSPS) is 10.9. The third-order valence-electron chi connectivity index (χ3n) is 3.79. The highest BCUT2D eigenvalue weighted by molar-refractivity contribution is 6.32. The maximum atomic E-state index is 8.82. The molecule has 6 nitrogen and oxygen atoms in total. The Morgan fingerprint density at radius 3 is 2.59 bits per heavy atom. The number of ether oxygens (including phenoxy) is 1. The summed E-state index contributed by atoms with van der Waals surface area (Å²) in [5.74, 6) is 1.20. The molecule has 0 saturated carbocycles. The average Bonchev–Trinajstić information content (AvgIpc) is 2.69. The molecular weight excluding hydrogens is 362 g/mol. The summed E-state index contributed by atoms with van der Waals surface area (Å²) in [6, 6.07) is 11.1. The zero-order valence-corrected chi connectivity index (χ0v) is 16.0. The number of aromatic nitrogens is 1. The van der Waals surface area contributed by atoms with E-state index in [0.29, 0.717) is 17.6 Å². The molecule has 1 heterocycles. The number of unbranched alkanes of at least 4 members (excludes halogenated alkanes) is 4. The standard InChI is InChI=1S/C20H24ClN5O/c21-18-8-4-5-9-19(18)27-15-7-3-1-2-6-12-24-20(25-16-22)26-17-10-13-23-14-11-17/h4-5,8-11,13-14H,1-3,6-7,12,15H2,(H2,23,24,25,26). The van der Waals surface area contributed by atoms with Crippen molar-refractivity contribution in [2.24, 2.45) is 4.99 Å². The summed E-state index contributed by atoms with van der Waals surface area (Å²) in [5.41, 5.74) is 0.744.